The third-order valence-corrected chi connectivity index (χ3v) is 3.69. The smallest absolute Gasteiger partial charge is 0.254 e. The Morgan fingerprint density at radius 1 is 1.24 bits per heavy atom. The van der Waals surface area contributed by atoms with Gasteiger partial charge in [0.05, 0.1) is 0 Å². The molecule has 21 heavy (non-hydrogen) atoms. The third kappa shape index (κ3) is 4.41. The van der Waals surface area contributed by atoms with Crippen molar-refractivity contribution in [1.82, 2.24) is 14.7 Å². The van der Waals surface area contributed by atoms with Gasteiger partial charge in [0.2, 0.25) is 0 Å². The summed E-state index contributed by atoms with van der Waals surface area (Å²) < 4.78 is 13.3. The van der Waals surface area contributed by atoms with E-state index in [-0.39, 0.29) is 11.6 Å². The number of nitrogen functional groups attached to an aromatic ring is 1. The van der Waals surface area contributed by atoms with Gasteiger partial charge in [0.25, 0.3) is 5.91 Å². The molecule has 1 aromatic rings. The van der Waals surface area contributed by atoms with Crippen LogP contribution in [-0.4, -0.2) is 74.0 Å². The van der Waals surface area contributed by atoms with Crippen LogP contribution in [0.2, 0.25) is 0 Å². The first-order chi connectivity index (χ1) is 9.95. The number of nitrogens with two attached hydrogens (primary N) is 1. The lowest BCUT2D eigenvalue weighted by atomic mass is 10.1. The molecule has 1 heterocycles. The Morgan fingerprint density at radius 2 is 1.90 bits per heavy atom. The van der Waals surface area contributed by atoms with E-state index in [2.05, 4.69) is 9.80 Å². The maximum absolute atomic E-state index is 13.3. The van der Waals surface area contributed by atoms with Crippen LogP contribution in [0.4, 0.5) is 10.1 Å². The van der Waals surface area contributed by atoms with Crippen LogP contribution in [-0.2, 0) is 0 Å². The van der Waals surface area contributed by atoms with Gasteiger partial charge in [-0.1, -0.05) is 0 Å². The number of amides is 1. The fraction of sp³-hybridized carbons (Fsp3) is 0.533. The second kappa shape index (κ2) is 6.87. The molecule has 2 N–H and O–H groups in total. The van der Waals surface area contributed by atoms with Crippen molar-refractivity contribution in [2.75, 3.05) is 59.1 Å². The van der Waals surface area contributed by atoms with Crippen LogP contribution < -0.4 is 5.73 Å². The average Bonchev–Trinajstić information content (AvgIpc) is 2.44. The van der Waals surface area contributed by atoms with Gasteiger partial charge >= 0.3 is 0 Å². The van der Waals surface area contributed by atoms with Crippen LogP contribution in [0.1, 0.15) is 10.4 Å². The van der Waals surface area contributed by atoms with Crippen molar-refractivity contribution in [2.45, 2.75) is 0 Å². The van der Waals surface area contributed by atoms with E-state index in [9.17, 15) is 9.18 Å². The van der Waals surface area contributed by atoms with Gasteiger partial charge in [0.1, 0.15) is 5.82 Å². The van der Waals surface area contributed by atoms with E-state index >= 15 is 0 Å². The van der Waals surface area contributed by atoms with Gasteiger partial charge in [0.15, 0.2) is 0 Å². The fourth-order valence-corrected chi connectivity index (χ4v) is 2.43. The highest BCUT2D eigenvalue weighted by Crippen LogP contribution is 2.14. The van der Waals surface area contributed by atoms with E-state index in [4.69, 9.17) is 5.73 Å². The number of nitrogens with zero attached hydrogens (tertiary/aromatic N) is 3. The van der Waals surface area contributed by atoms with Crippen molar-refractivity contribution in [1.29, 1.82) is 0 Å². The van der Waals surface area contributed by atoms with E-state index in [0.717, 1.165) is 26.2 Å². The molecule has 6 heteroatoms. The number of hydrogen-bond donors (Lipinski definition) is 1. The molecule has 0 saturated carbocycles. The first-order valence-electron chi connectivity index (χ1n) is 7.18. The molecule has 0 unspecified atom stereocenters. The van der Waals surface area contributed by atoms with Crippen LogP contribution in [0.3, 0.4) is 0 Å². The lowest BCUT2D eigenvalue weighted by molar-refractivity contribution is 0.0629. The van der Waals surface area contributed by atoms with Gasteiger partial charge in [-0.25, -0.2) is 4.39 Å². The van der Waals surface area contributed by atoms with E-state index in [1.165, 1.54) is 18.2 Å². The van der Waals surface area contributed by atoms with Crippen molar-refractivity contribution in [3.8, 4) is 0 Å². The minimum Gasteiger partial charge on any atom is -0.399 e. The van der Waals surface area contributed by atoms with Gasteiger partial charge in [-0.15, -0.1) is 0 Å². The summed E-state index contributed by atoms with van der Waals surface area (Å²) in [5.41, 5.74) is 6.20. The van der Waals surface area contributed by atoms with Crippen LogP contribution >= 0.6 is 0 Å². The van der Waals surface area contributed by atoms with Crippen LogP contribution in [0.25, 0.3) is 0 Å². The molecule has 0 aliphatic carbocycles. The second-order valence-electron chi connectivity index (χ2n) is 5.71. The largest absolute Gasteiger partial charge is 0.399 e. The number of likely N-dealkylation sites (N-methyl/N-ethyl adjacent to an activating group) is 1. The Balaban J connectivity index is 1.91. The van der Waals surface area contributed by atoms with E-state index in [1.807, 2.05) is 14.1 Å². The molecule has 116 valence electrons. The first-order valence-corrected chi connectivity index (χ1v) is 7.18. The molecular weight excluding hydrogens is 271 g/mol. The number of piperazine rings is 1. The van der Waals surface area contributed by atoms with Crippen molar-refractivity contribution in [2.24, 2.45) is 0 Å². The first kappa shape index (κ1) is 15.7. The van der Waals surface area contributed by atoms with Crippen LogP contribution in [0, 0.1) is 5.82 Å². The topological polar surface area (TPSA) is 52.8 Å². The molecule has 1 fully saturated rings. The summed E-state index contributed by atoms with van der Waals surface area (Å²) in [5, 5.41) is 0. The van der Waals surface area contributed by atoms with Gasteiger partial charge in [0, 0.05) is 50.5 Å². The predicted octanol–water partition coefficient (Wildman–Crippen LogP) is 0.727. The summed E-state index contributed by atoms with van der Waals surface area (Å²) in [5.74, 6) is -0.614. The van der Waals surface area contributed by atoms with E-state index in [1.54, 1.807) is 4.90 Å². The molecule has 1 aliphatic rings. The molecule has 1 aromatic carbocycles. The number of carbonyl (C=O) groups excluding carboxylic acids is 1. The van der Waals surface area contributed by atoms with Gasteiger partial charge < -0.3 is 15.5 Å². The maximum atomic E-state index is 13.3. The Hall–Kier alpha value is -1.66. The van der Waals surface area contributed by atoms with Gasteiger partial charge in [-0.3, -0.25) is 9.69 Å². The zero-order valence-corrected chi connectivity index (χ0v) is 12.7. The average molecular weight is 294 g/mol. The van der Waals surface area contributed by atoms with Gasteiger partial charge in [-0.2, -0.15) is 0 Å². The lowest BCUT2D eigenvalue weighted by Gasteiger charge is -2.35. The quantitative estimate of drug-likeness (QED) is 0.832. The Morgan fingerprint density at radius 3 is 2.48 bits per heavy atom. The number of rotatable bonds is 4. The minimum atomic E-state index is -0.469. The highest BCUT2D eigenvalue weighted by molar-refractivity contribution is 5.95. The highest BCUT2D eigenvalue weighted by Gasteiger charge is 2.22. The SMILES string of the molecule is CN(C)CCN1CCN(C(=O)c2cc(N)cc(F)c2)CC1. The number of carbonyl (C=O) groups is 1. The van der Waals surface area contributed by atoms with Crippen molar-refractivity contribution >= 4 is 11.6 Å². The number of anilines is 1. The number of benzene rings is 1. The molecule has 0 atom stereocenters. The Bertz CT molecular complexity index is 478. The standard InChI is InChI=1S/C15H23FN4O/c1-18(2)3-4-19-5-7-20(8-6-19)15(21)12-9-13(16)11-14(17)10-12/h9-11H,3-8,17H2,1-2H3. The molecule has 2 rings (SSSR count). The zero-order chi connectivity index (χ0) is 15.4. The van der Waals surface area contributed by atoms with Crippen molar-refractivity contribution < 1.29 is 9.18 Å². The normalized spacial score (nSPS) is 16.5. The molecule has 0 aromatic heterocycles. The summed E-state index contributed by atoms with van der Waals surface area (Å²) in [7, 11) is 4.10. The monoisotopic (exact) mass is 294 g/mol. The van der Waals surface area contributed by atoms with Crippen molar-refractivity contribution in [3.63, 3.8) is 0 Å². The minimum absolute atomic E-state index is 0.145. The zero-order valence-electron chi connectivity index (χ0n) is 12.7. The van der Waals surface area contributed by atoms with Crippen molar-refractivity contribution in [3.05, 3.63) is 29.6 Å². The number of halogens is 1. The summed E-state index contributed by atoms with van der Waals surface area (Å²) in [4.78, 5) is 18.6. The summed E-state index contributed by atoms with van der Waals surface area (Å²) in [6.07, 6.45) is 0. The third-order valence-electron chi connectivity index (χ3n) is 3.69. The Kier molecular flexibility index (Phi) is 5.14. The molecular formula is C15H23FN4O. The molecule has 1 amide bonds. The molecule has 0 spiro atoms. The Labute approximate surface area is 125 Å². The van der Waals surface area contributed by atoms with E-state index < -0.39 is 5.82 Å². The highest BCUT2D eigenvalue weighted by atomic mass is 19.1. The molecule has 1 saturated heterocycles. The van der Waals surface area contributed by atoms with Crippen LogP contribution in [0.5, 0.6) is 0 Å². The van der Waals surface area contributed by atoms with Gasteiger partial charge in [-0.05, 0) is 32.3 Å². The molecule has 0 radical (unpaired) electrons. The number of hydrogen-bond acceptors (Lipinski definition) is 4. The van der Waals surface area contributed by atoms with Crippen LogP contribution in [0.15, 0.2) is 18.2 Å². The molecule has 1 aliphatic heterocycles. The summed E-state index contributed by atoms with van der Waals surface area (Å²) in [6.45, 7) is 5.05. The second-order valence-corrected chi connectivity index (χ2v) is 5.71. The maximum Gasteiger partial charge on any atom is 0.254 e. The molecule has 0 bridgehead atoms. The fourth-order valence-electron chi connectivity index (χ4n) is 2.43. The van der Waals surface area contributed by atoms with E-state index in [0.29, 0.717) is 18.7 Å². The predicted molar refractivity (Wildman–Crippen MR) is 81.7 cm³/mol. The summed E-state index contributed by atoms with van der Waals surface area (Å²) >= 11 is 0. The molecule has 5 nitrogen and oxygen atoms in total. The summed E-state index contributed by atoms with van der Waals surface area (Å²) in [6, 6.07) is 4.00. The lowest BCUT2D eigenvalue weighted by Crippen LogP contribution is -2.50.